The number of benzene rings is 2. The van der Waals surface area contributed by atoms with Crippen molar-refractivity contribution in [1.82, 2.24) is 4.90 Å². The molecule has 0 radical (unpaired) electrons. The minimum Gasteiger partial charge on any atom is -0.382 e. The molecule has 2 rings (SSSR count). The average molecular weight is 301 g/mol. The molecule has 3 nitrogen and oxygen atoms in total. The molecule has 0 amide bonds. The molecule has 2 aromatic rings. The molecule has 2 aromatic carbocycles. The number of nitrogens with one attached hydrogen (secondary N) is 1. The number of rotatable bonds is 5. The molecule has 0 saturated carbocycles. The summed E-state index contributed by atoms with van der Waals surface area (Å²) in [6, 6.07) is 12.3. The van der Waals surface area contributed by atoms with Gasteiger partial charge in [0.05, 0.1) is 17.3 Å². The van der Waals surface area contributed by atoms with Crippen LogP contribution in [0.25, 0.3) is 0 Å². The molecule has 114 valence electrons. The van der Waals surface area contributed by atoms with E-state index in [0.29, 0.717) is 12.2 Å². The SMILES string of the molecule is CN(C)C(CNc1ccc(F)cc1C#N)c1ccc(F)cc1. The fourth-order valence-electron chi connectivity index (χ4n) is 2.25. The first-order valence-electron chi connectivity index (χ1n) is 6.86. The minimum atomic E-state index is -0.440. The number of nitrogens with zero attached hydrogens (tertiary/aromatic N) is 2. The van der Waals surface area contributed by atoms with Crippen molar-refractivity contribution in [3.63, 3.8) is 0 Å². The summed E-state index contributed by atoms with van der Waals surface area (Å²) in [5.74, 6) is -0.718. The Hall–Kier alpha value is -2.45. The molecule has 0 spiro atoms. The third-order valence-corrected chi connectivity index (χ3v) is 3.47. The molecule has 1 atom stereocenters. The lowest BCUT2D eigenvalue weighted by molar-refractivity contribution is 0.311. The van der Waals surface area contributed by atoms with Gasteiger partial charge < -0.3 is 10.2 Å². The zero-order valence-electron chi connectivity index (χ0n) is 12.5. The average Bonchev–Trinajstić information content (AvgIpc) is 2.50. The Labute approximate surface area is 128 Å². The van der Waals surface area contributed by atoms with Crippen molar-refractivity contribution in [2.24, 2.45) is 0 Å². The van der Waals surface area contributed by atoms with Gasteiger partial charge in [-0.05, 0) is 50.0 Å². The Bertz CT molecular complexity index is 675. The quantitative estimate of drug-likeness (QED) is 0.918. The second kappa shape index (κ2) is 7.01. The number of likely N-dealkylation sites (N-methyl/N-ethyl adjacent to an activating group) is 1. The minimum absolute atomic E-state index is 0.00260. The van der Waals surface area contributed by atoms with Crippen molar-refractivity contribution in [2.75, 3.05) is 26.0 Å². The predicted molar refractivity (Wildman–Crippen MR) is 82.4 cm³/mol. The summed E-state index contributed by atoms with van der Waals surface area (Å²) in [5.41, 5.74) is 1.80. The molecule has 0 aliphatic heterocycles. The van der Waals surface area contributed by atoms with Gasteiger partial charge in [-0.15, -0.1) is 0 Å². The molecule has 1 unspecified atom stereocenters. The van der Waals surface area contributed by atoms with Crippen LogP contribution in [0.1, 0.15) is 17.2 Å². The van der Waals surface area contributed by atoms with Crippen LogP contribution in [-0.4, -0.2) is 25.5 Å². The summed E-state index contributed by atoms with van der Waals surface area (Å²) in [4.78, 5) is 2.00. The molecule has 5 heteroatoms. The van der Waals surface area contributed by atoms with Gasteiger partial charge in [-0.1, -0.05) is 12.1 Å². The van der Waals surface area contributed by atoms with Crippen LogP contribution in [0, 0.1) is 23.0 Å². The number of nitriles is 1. The van der Waals surface area contributed by atoms with Crippen molar-refractivity contribution in [3.05, 3.63) is 65.2 Å². The van der Waals surface area contributed by atoms with E-state index in [1.165, 1.54) is 24.3 Å². The first-order valence-corrected chi connectivity index (χ1v) is 6.86. The van der Waals surface area contributed by atoms with Crippen molar-refractivity contribution in [3.8, 4) is 6.07 Å². The Balaban J connectivity index is 2.16. The first kappa shape index (κ1) is 15.9. The summed E-state index contributed by atoms with van der Waals surface area (Å²) in [7, 11) is 3.84. The Kier molecular flexibility index (Phi) is 5.08. The number of hydrogen-bond acceptors (Lipinski definition) is 3. The van der Waals surface area contributed by atoms with Gasteiger partial charge in [0.25, 0.3) is 0 Å². The van der Waals surface area contributed by atoms with Gasteiger partial charge in [0.2, 0.25) is 0 Å². The Morgan fingerprint density at radius 2 is 1.73 bits per heavy atom. The van der Waals surface area contributed by atoms with Gasteiger partial charge in [-0.25, -0.2) is 8.78 Å². The summed E-state index contributed by atoms with van der Waals surface area (Å²) < 4.78 is 26.2. The number of hydrogen-bond donors (Lipinski definition) is 1. The molecule has 0 aromatic heterocycles. The van der Waals surface area contributed by atoms with Gasteiger partial charge in [-0.2, -0.15) is 5.26 Å². The molecule has 0 saturated heterocycles. The van der Waals surface area contributed by atoms with E-state index in [-0.39, 0.29) is 17.4 Å². The molecule has 0 heterocycles. The van der Waals surface area contributed by atoms with Crippen LogP contribution in [0.3, 0.4) is 0 Å². The van der Waals surface area contributed by atoms with Crippen molar-refractivity contribution >= 4 is 5.69 Å². The third-order valence-electron chi connectivity index (χ3n) is 3.47. The summed E-state index contributed by atoms with van der Waals surface area (Å²) in [6.45, 7) is 0.513. The van der Waals surface area contributed by atoms with E-state index in [1.54, 1.807) is 18.2 Å². The molecule has 0 fully saturated rings. The van der Waals surface area contributed by atoms with Crippen LogP contribution in [0.5, 0.6) is 0 Å². The fraction of sp³-hybridized carbons (Fsp3) is 0.235. The van der Waals surface area contributed by atoms with Gasteiger partial charge >= 0.3 is 0 Å². The highest BCUT2D eigenvalue weighted by molar-refractivity contribution is 5.57. The van der Waals surface area contributed by atoms with E-state index < -0.39 is 5.82 Å². The highest BCUT2D eigenvalue weighted by atomic mass is 19.1. The summed E-state index contributed by atoms with van der Waals surface area (Å²) in [5, 5.41) is 12.2. The largest absolute Gasteiger partial charge is 0.382 e. The van der Waals surface area contributed by atoms with Gasteiger partial charge in [0, 0.05) is 6.54 Å². The zero-order chi connectivity index (χ0) is 16.1. The van der Waals surface area contributed by atoms with Crippen LogP contribution in [0.4, 0.5) is 14.5 Å². The lowest BCUT2D eigenvalue weighted by Gasteiger charge is -2.25. The normalized spacial score (nSPS) is 12.0. The van der Waals surface area contributed by atoms with Gasteiger partial charge in [-0.3, -0.25) is 0 Å². The van der Waals surface area contributed by atoms with E-state index >= 15 is 0 Å². The molecular formula is C17H17F2N3. The smallest absolute Gasteiger partial charge is 0.124 e. The van der Waals surface area contributed by atoms with E-state index in [0.717, 1.165) is 5.56 Å². The Morgan fingerprint density at radius 1 is 1.09 bits per heavy atom. The summed E-state index contributed by atoms with van der Waals surface area (Å²) >= 11 is 0. The lowest BCUT2D eigenvalue weighted by Crippen LogP contribution is -2.27. The van der Waals surface area contributed by atoms with Gasteiger partial charge in [0.15, 0.2) is 0 Å². The first-order chi connectivity index (χ1) is 10.5. The maximum Gasteiger partial charge on any atom is 0.124 e. The van der Waals surface area contributed by atoms with Crippen molar-refractivity contribution in [1.29, 1.82) is 5.26 Å². The second-order valence-electron chi connectivity index (χ2n) is 5.21. The highest BCUT2D eigenvalue weighted by Crippen LogP contribution is 2.21. The maximum atomic E-state index is 13.1. The van der Waals surface area contributed by atoms with Crippen LogP contribution in [-0.2, 0) is 0 Å². The second-order valence-corrected chi connectivity index (χ2v) is 5.21. The van der Waals surface area contributed by atoms with Gasteiger partial charge in [0.1, 0.15) is 17.7 Å². The molecule has 0 aliphatic carbocycles. The molecule has 0 aliphatic rings. The van der Waals surface area contributed by atoms with Crippen LogP contribution < -0.4 is 5.32 Å². The zero-order valence-corrected chi connectivity index (χ0v) is 12.5. The van der Waals surface area contributed by atoms with E-state index in [4.69, 9.17) is 5.26 Å². The van der Waals surface area contributed by atoms with Crippen LogP contribution >= 0.6 is 0 Å². The van der Waals surface area contributed by atoms with Crippen LogP contribution in [0.2, 0.25) is 0 Å². The van der Waals surface area contributed by atoms with Crippen molar-refractivity contribution < 1.29 is 8.78 Å². The maximum absolute atomic E-state index is 13.1. The monoisotopic (exact) mass is 301 g/mol. The van der Waals surface area contributed by atoms with E-state index in [1.807, 2.05) is 25.1 Å². The lowest BCUT2D eigenvalue weighted by atomic mass is 10.1. The van der Waals surface area contributed by atoms with E-state index in [2.05, 4.69) is 5.32 Å². The fourth-order valence-corrected chi connectivity index (χ4v) is 2.25. The van der Waals surface area contributed by atoms with E-state index in [9.17, 15) is 8.78 Å². The number of anilines is 1. The highest BCUT2D eigenvalue weighted by Gasteiger charge is 2.15. The molecule has 22 heavy (non-hydrogen) atoms. The topological polar surface area (TPSA) is 39.1 Å². The standard InChI is InChI=1S/C17H17F2N3/c1-22(2)17(12-3-5-14(18)6-4-12)11-21-16-8-7-15(19)9-13(16)10-20/h3-9,17,21H,11H2,1-2H3. The molecule has 0 bridgehead atoms. The third kappa shape index (κ3) is 3.80. The molecule has 1 N–H and O–H groups in total. The number of halogens is 2. The Morgan fingerprint density at radius 3 is 2.32 bits per heavy atom. The van der Waals surface area contributed by atoms with Crippen molar-refractivity contribution in [2.45, 2.75) is 6.04 Å². The van der Waals surface area contributed by atoms with Crippen LogP contribution in [0.15, 0.2) is 42.5 Å². The predicted octanol–water partition coefficient (Wildman–Crippen LogP) is 3.55. The summed E-state index contributed by atoms with van der Waals surface area (Å²) in [6.07, 6.45) is 0. The molecular weight excluding hydrogens is 284 g/mol.